The van der Waals surface area contributed by atoms with Crippen molar-refractivity contribution in [3.8, 4) is 23.0 Å². The highest BCUT2D eigenvalue weighted by molar-refractivity contribution is 6.30. The first-order chi connectivity index (χ1) is 16.3. The Morgan fingerprint density at radius 3 is 2.44 bits per heavy atom. The summed E-state index contributed by atoms with van der Waals surface area (Å²) in [4.78, 5) is 10.9. The number of ether oxygens (including phenoxy) is 3. The maximum Gasteiger partial charge on any atom is 0.303 e. The molecule has 5 nitrogen and oxygen atoms in total. The highest BCUT2D eigenvalue weighted by Gasteiger charge is 2.13. The molecule has 0 saturated carbocycles. The quantitative estimate of drug-likeness (QED) is 0.296. The third kappa shape index (κ3) is 7.66. The number of carbonyl (C=O) groups is 1. The summed E-state index contributed by atoms with van der Waals surface area (Å²) in [6.45, 7) is 4.42. The number of carboxylic acid groups (broad SMARTS) is 1. The zero-order chi connectivity index (χ0) is 24.5. The third-order valence-corrected chi connectivity index (χ3v) is 5.47. The Morgan fingerprint density at radius 2 is 1.74 bits per heavy atom. The summed E-state index contributed by atoms with van der Waals surface area (Å²) < 4.78 is 31.0. The smallest absolute Gasteiger partial charge is 0.303 e. The molecule has 0 spiro atoms. The fourth-order valence-corrected chi connectivity index (χ4v) is 3.58. The lowest BCUT2D eigenvalue weighted by atomic mass is 10.0. The van der Waals surface area contributed by atoms with Crippen molar-refractivity contribution in [3.63, 3.8) is 0 Å². The summed E-state index contributed by atoms with van der Waals surface area (Å²) in [5.74, 6) is 1.04. The minimum Gasteiger partial charge on any atom is -0.493 e. The Bertz CT molecular complexity index is 1100. The molecule has 0 aromatic heterocycles. The second kappa shape index (κ2) is 12.3. The van der Waals surface area contributed by atoms with Crippen molar-refractivity contribution in [3.05, 3.63) is 82.6 Å². The average molecular weight is 487 g/mol. The molecule has 34 heavy (non-hydrogen) atoms. The van der Waals surface area contributed by atoms with E-state index in [0.717, 1.165) is 23.3 Å². The monoisotopic (exact) mass is 486 g/mol. The molecule has 0 saturated heterocycles. The number of hydrogen-bond acceptors (Lipinski definition) is 4. The van der Waals surface area contributed by atoms with Crippen LogP contribution in [0.5, 0.6) is 23.0 Å². The van der Waals surface area contributed by atoms with Gasteiger partial charge in [0.2, 0.25) is 0 Å². The number of carboxylic acids is 1. The molecular weight excluding hydrogens is 459 g/mol. The van der Waals surface area contributed by atoms with Crippen molar-refractivity contribution in [1.82, 2.24) is 0 Å². The van der Waals surface area contributed by atoms with Gasteiger partial charge >= 0.3 is 5.97 Å². The van der Waals surface area contributed by atoms with Gasteiger partial charge in [-0.3, -0.25) is 4.79 Å². The number of hydrogen-bond donors (Lipinski definition) is 1. The highest BCUT2D eigenvalue weighted by Crippen LogP contribution is 2.35. The van der Waals surface area contributed by atoms with Gasteiger partial charge in [0.15, 0.2) is 11.5 Å². The minimum atomic E-state index is -0.803. The number of aryl methyl sites for hydroxylation is 2. The van der Waals surface area contributed by atoms with Crippen LogP contribution in [0.4, 0.5) is 4.39 Å². The van der Waals surface area contributed by atoms with Crippen LogP contribution in [-0.2, 0) is 17.6 Å². The first-order valence-corrected chi connectivity index (χ1v) is 11.6. The van der Waals surface area contributed by atoms with Crippen LogP contribution >= 0.6 is 11.6 Å². The van der Waals surface area contributed by atoms with Crippen LogP contribution in [0.1, 0.15) is 37.8 Å². The first kappa shape index (κ1) is 25.4. The van der Waals surface area contributed by atoms with Gasteiger partial charge in [0, 0.05) is 23.9 Å². The van der Waals surface area contributed by atoms with E-state index in [-0.39, 0.29) is 18.3 Å². The summed E-state index contributed by atoms with van der Waals surface area (Å²) in [6.07, 6.45) is 1.88. The molecule has 0 heterocycles. The molecule has 0 amide bonds. The van der Waals surface area contributed by atoms with Crippen molar-refractivity contribution >= 4 is 17.6 Å². The molecule has 7 heteroatoms. The standard InChI is InChI=1S/C27H28ClFO5/c1-3-19-16-24(9-4-20(19)5-13-27(30)31)32-15-14-18(2)33-25-12-6-21(28)17-26(25)34-23-10-7-22(29)8-11-23/h4,6-12,16-18H,3,5,13-15H2,1-2H3,(H,30,31). The minimum absolute atomic E-state index is 0.111. The average Bonchev–Trinajstić information content (AvgIpc) is 2.81. The van der Waals surface area contributed by atoms with Gasteiger partial charge in [0.1, 0.15) is 17.3 Å². The number of rotatable bonds is 12. The molecule has 3 aromatic carbocycles. The lowest BCUT2D eigenvalue weighted by molar-refractivity contribution is -0.136. The molecule has 0 radical (unpaired) electrons. The van der Waals surface area contributed by atoms with E-state index in [1.807, 2.05) is 32.0 Å². The number of aliphatic carboxylic acids is 1. The molecule has 3 rings (SSSR count). The molecule has 180 valence electrons. The van der Waals surface area contributed by atoms with Crippen LogP contribution in [0.15, 0.2) is 60.7 Å². The van der Waals surface area contributed by atoms with Crippen LogP contribution in [0, 0.1) is 5.82 Å². The van der Waals surface area contributed by atoms with E-state index in [1.165, 1.54) is 24.3 Å². The normalized spacial score (nSPS) is 11.6. The van der Waals surface area contributed by atoms with E-state index < -0.39 is 5.97 Å². The molecule has 0 bridgehead atoms. The van der Waals surface area contributed by atoms with Crippen LogP contribution in [0.25, 0.3) is 0 Å². The van der Waals surface area contributed by atoms with Gasteiger partial charge in [0.05, 0.1) is 12.7 Å². The van der Waals surface area contributed by atoms with Crippen LogP contribution < -0.4 is 14.2 Å². The fraction of sp³-hybridized carbons (Fsp3) is 0.296. The summed E-state index contributed by atoms with van der Waals surface area (Å²) >= 11 is 6.12. The van der Waals surface area contributed by atoms with Gasteiger partial charge in [-0.25, -0.2) is 4.39 Å². The fourth-order valence-electron chi connectivity index (χ4n) is 3.41. The SMILES string of the molecule is CCc1cc(OCCC(C)Oc2ccc(Cl)cc2Oc2ccc(F)cc2)ccc1CCC(=O)O. The lowest BCUT2D eigenvalue weighted by Gasteiger charge is -2.18. The van der Waals surface area contributed by atoms with Crippen molar-refractivity contribution in [2.45, 2.75) is 45.6 Å². The van der Waals surface area contributed by atoms with Gasteiger partial charge < -0.3 is 19.3 Å². The van der Waals surface area contributed by atoms with Crippen molar-refractivity contribution < 1.29 is 28.5 Å². The number of benzene rings is 3. The van der Waals surface area contributed by atoms with Crippen LogP contribution in [0.2, 0.25) is 5.02 Å². The van der Waals surface area contributed by atoms with Crippen LogP contribution in [-0.4, -0.2) is 23.8 Å². The molecular formula is C27H28ClFO5. The highest BCUT2D eigenvalue weighted by atomic mass is 35.5. The van der Waals surface area contributed by atoms with Crippen LogP contribution in [0.3, 0.4) is 0 Å². The van der Waals surface area contributed by atoms with Gasteiger partial charge in [0.25, 0.3) is 0 Å². The number of halogens is 2. The summed E-state index contributed by atoms with van der Waals surface area (Å²) in [5, 5.41) is 9.42. The maximum atomic E-state index is 13.2. The Kier molecular flexibility index (Phi) is 9.16. The molecule has 3 aromatic rings. The second-order valence-electron chi connectivity index (χ2n) is 7.89. The molecule has 0 aliphatic heterocycles. The molecule has 1 atom stereocenters. The van der Waals surface area contributed by atoms with Crippen molar-refractivity contribution in [2.75, 3.05) is 6.61 Å². The topological polar surface area (TPSA) is 65.0 Å². The summed E-state index contributed by atoms with van der Waals surface area (Å²) in [5.41, 5.74) is 2.12. The van der Waals surface area contributed by atoms with Crippen molar-refractivity contribution in [1.29, 1.82) is 0 Å². The van der Waals surface area contributed by atoms with E-state index in [2.05, 4.69) is 0 Å². The molecule has 1 N–H and O–H groups in total. The van der Waals surface area contributed by atoms with Crippen molar-refractivity contribution in [2.24, 2.45) is 0 Å². The van der Waals surface area contributed by atoms with E-state index in [9.17, 15) is 9.18 Å². The summed E-state index contributed by atoms with van der Waals surface area (Å²) in [6, 6.07) is 16.6. The maximum absolute atomic E-state index is 13.2. The molecule has 0 aliphatic carbocycles. The van der Waals surface area contributed by atoms with Gasteiger partial charge in [-0.1, -0.05) is 24.6 Å². The molecule has 1 unspecified atom stereocenters. The predicted molar refractivity (Wildman–Crippen MR) is 130 cm³/mol. The first-order valence-electron chi connectivity index (χ1n) is 11.2. The van der Waals surface area contributed by atoms with E-state index in [4.69, 9.17) is 30.9 Å². The van der Waals surface area contributed by atoms with Gasteiger partial charge in [-0.05, 0) is 79.4 Å². The molecule has 0 aliphatic rings. The zero-order valence-electron chi connectivity index (χ0n) is 19.2. The molecule has 0 fully saturated rings. The van der Waals surface area contributed by atoms with E-state index >= 15 is 0 Å². The predicted octanol–water partition coefficient (Wildman–Crippen LogP) is 7.09. The Morgan fingerprint density at radius 1 is 1.00 bits per heavy atom. The van der Waals surface area contributed by atoms with Gasteiger partial charge in [-0.2, -0.15) is 0 Å². The Hall–Kier alpha value is -3.25. The van der Waals surface area contributed by atoms with Gasteiger partial charge in [-0.15, -0.1) is 0 Å². The lowest BCUT2D eigenvalue weighted by Crippen LogP contribution is -2.16. The van der Waals surface area contributed by atoms with E-state index in [0.29, 0.717) is 41.7 Å². The third-order valence-electron chi connectivity index (χ3n) is 5.24. The Balaban J connectivity index is 1.56. The summed E-state index contributed by atoms with van der Waals surface area (Å²) in [7, 11) is 0. The second-order valence-corrected chi connectivity index (χ2v) is 8.33. The van der Waals surface area contributed by atoms with E-state index in [1.54, 1.807) is 18.2 Å². The zero-order valence-corrected chi connectivity index (χ0v) is 20.0. The largest absolute Gasteiger partial charge is 0.493 e. The Labute approximate surface area is 204 Å².